The zero-order valence-corrected chi connectivity index (χ0v) is 11.0. The fourth-order valence-corrected chi connectivity index (χ4v) is 3.71. The number of hydrogen-bond donors (Lipinski definition) is 1. The number of nitrogens with one attached hydrogen (secondary N) is 1. The predicted octanol–water partition coefficient (Wildman–Crippen LogP) is 1.93. The molecule has 0 radical (unpaired) electrons. The van der Waals surface area contributed by atoms with Gasteiger partial charge in [-0.15, -0.1) is 0 Å². The summed E-state index contributed by atoms with van der Waals surface area (Å²) in [7, 11) is 2.08. The Morgan fingerprint density at radius 3 is 3.12 bits per heavy atom. The monoisotopic (exact) mass is 239 g/mol. The quantitative estimate of drug-likeness (QED) is 0.851. The first-order valence-electron chi connectivity index (χ1n) is 6.13. The maximum atomic E-state index is 4.33. The van der Waals surface area contributed by atoms with Gasteiger partial charge in [0.15, 0.2) is 0 Å². The average Bonchev–Trinajstić information content (AvgIpc) is 2.96. The Balaban J connectivity index is 1.94. The summed E-state index contributed by atoms with van der Waals surface area (Å²) in [6.45, 7) is 3.08. The van der Waals surface area contributed by atoms with Crippen molar-refractivity contribution in [2.24, 2.45) is 0 Å². The molecule has 90 valence electrons. The maximum absolute atomic E-state index is 4.33. The van der Waals surface area contributed by atoms with E-state index >= 15 is 0 Å². The fourth-order valence-electron chi connectivity index (χ4n) is 2.28. The first-order chi connectivity index (χ1) is 7.83. The summed E-state index contributed by atoms with van der Waals surface area (Å²) in [6, 6.07) is 0.599. The Morgan fingerprint density at radius 2 is 2.56 bits per heavy atom. The van der Waals surface area contributed by atoms with Crippen molar-refractivity contribution >= 4 is 11.8 Å². The van der Waals surface area contributed by atoms with Gasteiger partial charge in [0.05, 0.1) is 6.20 Å². The molecular weight excluding hydrogens is 218 g/mol. The molecule has 0 spiro atoms. The van der Waals surface area contributed by atoms with Gasteiger partial charge in [0.2, 0.25) is 0 Å². The van der Waals surface area contributed by atoms with Gasteiger partial charge in [0.1, 0.15) is 0 Å². The van der Waals surface area contributed by atoms with Crippen molar-refractivity contribution < 1.29 is 0 Å². The van der Waals surface area contributed by atoms with Crippen LogP contribution >= 0.6 is 11.8 Å². The van der Waals surface area contributed by atoms with Crippen LogP contribution < -0.4 is 5.32 Å². The second-order valence-electron chi connectivity index (χ2n) is 4.36. The van der Waals surface area contributed by atoms with Crippen molar-refractivity contribution in [2.75, 3.05) is 12.8 Å². The molecule has 2 rings (SSSR count). The van der Waals surface area contributed by atoms with E-state index in [0.717, 1.165) is 18.2 Å². The smallest absolute Gasteiger partial charge is 0.0522 e. The number of thioether (sulfide) groups is 1. The van der Waals surface area contributed by atoms with Crippen LogP contribution in [-0.4, -0.2) is 33.9 Å². The molecule has 0 amide bonds. The van der Waals surface area contributed by atoms with E-state index in [1.165, 1.54) is 24.2 Å². The lowest BCUT2D eigenvalue weighted by Crippen LogP contribution is -2.36. The zero-order chi connectivity index (χ0) is 11.4. The van der Waals surface area contributed by atoms with Crippen LogP contribution in [0.15, 0.2) is 12.4 Å². The minimum atomic E-state index is 0.599. The molecule has 4 heteroatoms. The van der Waals surface area contributed by atoms with Gasteiger partial charge < -0.3 is 5.32 Å². The van der Waals surface area contributed by atoms with E-state index in [1.54, 1.807) is 0 Å². The molecule has 1 aromatic rings. The molecule has 2 unspecified atom stereocenters. The van der Waals surface area contributed by atoms with Gasteiger partial charge in [0.25, 0.3) is 0 Å². The highest BCUT2D eigenvalue weighted by Crippen LogP contribution is 2.29. The second kappa shape index (κ2) is 5.73. The highest BCUT2D eigenvalue weighted by molar-refractivity contribution is 8.00. The van der Waals surface area contributed by atoms with Gasteiger partial charge in [-0.25, -0.2) is 0 Å². The van der Waals surface area contributed by atoms with E-state index in [-0.39, 0.29) is 0 Å². The molecular formula is C12H21N3S. The Bertz CT molecular complexity index is 318. The molecule has 2 heterocycles. The van der Waals surface area contributed by atoms with E-state index in [4.69, 9.17) is 0 Å². The summed E-state index contributed by atoms with van der Waals surface area (Å²) < 4.78 is 2.00. The topological polar surface area (TPSA) is 29.9 Å². The molecule has 1 saturated heterocycles. The number of aromatic nitrogens is 2. The molecule has 3 nitrogen and oxygen atoms in total. The molecule has 0 saturated carbocycles. The average molecular weight is 239 g/mol. The van der Waals surface area contributed by atoms with E-state index in [0.29, 0.717) is 6.04 Å². The third-order valence-corrected chi connectivity index (χ3v) is 4.77. The molecule has 0 aromatic carbocycles. The number of hydrogen-bond acceptors (Lipinski definition) is 3. The summed E-state index contributed by atoms with van der Waals surface area (Å²) in [5.74, 6) is 1.33. The van der Waals surface area contributed by atoms with Gasteiger partial charge in [0, 0.05) is 24.0 Å². The number of likely N-dealkylation sites (N-methyl/N-ethyl adjacent to an activating group) is 1. The fraction of sp³-hybridized carbons (Fsp3) is 0.750. The van der Waals surface area contributed by atoms with Crippen LogP contribution in [0, 0.1) is 0 Å². The normalized spacial score (nSPS) is 22.5. The van der Waals surface area contributed by atoms with Gasteiger partial charge in [-0.05, 0) is 44.6 Å². The van der Waals surface area contributed by atoms with Crippen LogP contribution in [-0.2, 0) is 13.0 Å². The largest absolute Gasteiger partial charge is 0.316 e. The number of rotatable bonds is 5. The molecule has 0 aliphatic carbocycles. The van der Waals surface area contributed by atoms with Crippen LogP contribution in [0.2, 0.25) is 0 Å². The van der Waals surface area contributed by atoms with Crippen molar-refractivity contribution in [2.45, 2.75) is 44.0 Å². The molecule has 16 heavy (non-hydrogen) atoms. The van der Waals surface area contributed by atoms with Crippen LogP contribution in [0.5, 0.6) is 0 Å². The Morgan fingerprint density at radius 1 is 1.69 bits per heavy atom. The number of aryl methyl sites for hydroxylation is 1. The van der Waals surface area contributed by atoms with Crippen LogP contribution in [0.25, 0.3) is 0 Å². The van der Waals surface area contributed by atoms with E-state index in [1.807, 2.05) is 10.9 Å². The Hall–Kier alpha value is -0.480. The molecule has 1 aromatic heterocycles. The second-order valence-corrected chi connectivity index (χ2v) is 5.70. The van der Waals surface area contributed by atoms with E-state index in [2.05, 4.69) is 42.3 Å². The van der Waals surface area contributed by atoms with Crippen molar-refractivity contribution in [3.63, 3.8) is 0 Å². The molecule has 1 N–H and O–H groups in total. The minimum absolute atomic E-state index is 0.599. The van der Waals surface area contributed by atoms with Crippen LogP contribution in [0.4, 0.5) is 0 Å². The van der Waals surface area contributed by atoms with Crippen molar-refractivity contribution in [1.29, 1.82) is 0 Å². The van der Waals surface area contributed by atoms with E-state index < -0.39 is 0 Å². The third-order valence-electron chi connectivity index (χ3n) is 3.25. The lowest BCUT2D eigenvalue weighted by atomic mass is 10.0. The van der Waals surface area contributed by atoms with Gasteiger partial charge in [-0.1, -0.05) is 0 Å². The lowest BCUT2D eigenvalue weighted by Gasteiger charge is -2.21. The van der Waals surface area contributed by atoms with Crippen LogP contribution in [0.3, 0.4) is 0 Å². The van der Waals surface area contributed by atoms with Crippen molar-refractivity contribution in [3.05, 3.63) is 18.0 Å². The number of nitrogens with zero attached hydrogens (tertiary/aromatic N) is 2. The van der Waals surface area contributed by atoms with E-state index in [9.17, 15) is 0 Å². The first-order valence-corrected chi connectivity index (χ1v) is 7.18. The SMILES string of the molecule is CCn1cc(CC(NC)C2CCCS2)cn1. The molecule has 2 atom stereocenters. The van der Waals surface area contributed by atoms with Gasteiger partial charge >= 0.3 is 0 Å². The van der Waals surface area contributed by atoms with Crippen molar-refractivity contribution in [3.8, 4) is 0 Å². The standard InChI is InChI=1S/C12H21N3S/c1-3-15-9-10(8-14-15)7-11(13-2)12-5-4-6-16-12/h8-9,11-13H,3-7H2,1-2H3. The summed E-state index contributed by atoms with van der Waals surface area (Å²) in [4.78, 5) is 0. The zero-order valence-electron chi connectivity index (χ0n) is 10.1. The van der Waals surface area contributed by atoms with Gasteiger partial charge in [-0.2, -0.15) is 16.9 Å². The molecule has 1 aliphatic heterocycles. The van der Waals surface area contributed by atoms with Gasteiger partial charge in [-0.3, -0.25) is 4.68 Å². The maximum Gasteiger partial charge on any atom is 0.0522 e. The summed E-state index contributed by atoms with van der Waals surface area (Å²) in [5.41, 5.74) is 1.36. The summed E-state index contributed by atoms with van der Waals surface area (Å²) in [5, 5.41) is 8.58. The van der Waals surface area contributed by atoms with Crippen LogP contribution in [0.1, 0.15) is 25.3 Å². The first kappa shape index (κ1) is 12.0. The lowest BCUT2D eigenvalue weighted by molar-refractivity contribution is 0.523. The Labute approximate surface area is 102 Å². The van der Waals surface area contributed by atoms with Crippen molar-refractivity contribution in [1.82, 2.24) is 15.1 Å². The molecule has 1 aliphatic rings. The summed E-state index contributed by atoms with van der Waals surface area (Å²) in [6.07, 6.45) is 8.02. The third kappa shape index (κ3) is 2.80. The predicted molar refractivity (Wildman–Crippen MR) is 69.9 cm³/mol. The minimum Gasteiger partial charge on any atom is -0.316 e. The summed E-state index contributed by atoms with van der Waals surface area (Å²) >= 11 is 2.12. The highest BCUT2D eigenvalue weighted by Gasteiger charge is 2.24. The highest BCUT2D eigenvalue weighted by atomic mass is 32.2. The Kier molecular flexibility index (Phi) is 4.29. The molecule has 1 fully saturated rings. The molecule has 0 bridgehead atoms.